The molecular weight excluding hydrogens is 510 g/mol. The van der Waals surface area contributed by atoms with Crippen LogP contribution in [0.25, 0.3) is 0 Å². The molecule has 38 heavy (non-hydrogen) atoms. The van der Waals surface area contributed by atoms with Crippen molar-refractivity contribution in [2.24, 2.45) is 0 Å². The number of hydrogen-bond acceptors (Lipinski definition) is 4. The molecule has 0 bridgehead atoms. The minimum atomic E-state index is -1.91. The van der Waals surface area contributed by atoms with Gasteiger partial charge in [0.2, 0.25) is 0 Å². The van der Waals surface area contributed by atoms with Gasteiger partial charge in [0.05, 0.1) is 0 Å². The fraction of sp³-hybridized carbons (Fsp3) is 0.188. The molecule has 0 radical (unpaired) electrons. The van der Waals surface area contributed by atoms with E-state index in [2.05, 4.69) is 148 Å². The molecule has 0 aromatic heterocycles. The molecule has 0 heterocycles. The van der Waals surface area contributed by atoms with E-state index >= 15 is 0 Å². The van der Waals surface area contributed by atoms with Gasteiger partial charge < -0.3 is 19.8 Å². The van der Waals surface area contributed by atoms with Crippen LogP contribution in [0.4, 0.5) is 0 Å². The number of carbonyl (C=O) groups is 2. The summed E-state index contributed by atoms with van der Waals surface area (Å²) in [6, 6.07) is 43.8. The molecule has 4 rings (SSSR count). The molecule has 6 heteroatoms. The minimum Gasteiger partial charge on any atom is -0.554 e. The van der Waals surface area contributed by atoms with E-state index in [-0.39, 0.29) is 13.7 Å². The molecule has 0 amide bonds. The molecule has 0 fully saturated rings. The van der Waals surface area contributed by atoms with Gasteiger partial charge in [-0.25, -0.2) is 0 Å². The monoisotopic (exact) mass is 548 g/mol. The molecule has 4 aromatic rings. The van der Waals surface area contributed by atoms with E-state index in [0.29, 0.717) is 0 Å². The van der Waals surface area contributed by atoms with E-state index in [4.69, 9.17) is 9.90 Å². The Morgan fingerprint density at radius 3 is 0.895 bits per heavy atom. The van der Waals surface area contributed by atoms with Crippen LogP contribution < -0.4 is 31.4 Å². The first-order valence-electron chi connectivity index (χ1n) is 12.3. The lowest BCUT2D eigenvalue weighted by molar-refractivity contribution is -0.305. The highest BCUT2D eigenvalue weighted by Crippen LogP contribution is 2.53. The predicted molar refractivity (Wildman–Crippen MR) is 163 cm³/mol. The largest absolute Gasteiger partial charge is 0.554 e. The summed E-state index contributed by atoms with van der Waals surface area (Å²) in [5.74, 6) is -0.995. The van der Waals surface area contributed by atoms with Crippen LogP contribution in [0.1, 0.15) is 13.3 Å². The zero-order chi connectivity index (χ0) is 28.4. The quantitative estimate of drug-likeness (QED) is 0.283. The van der Waals surface area contributed by atoms with Gasteiger partial charge in [-0.05, 0) is 55.0 Å². The third kappa shape index (κ3) is 11.0. The summed E-state index contributed by atoms with van der Waals surface area (Å²) in [7, 11) is -2.29. The van der Waals surface area contributed by atoms with Crippen molar-refractivity contribution in [2.75, 3.05) is 26.7 Å². The van der Waals surface area contributed by atoms with Crippen molar-refractivity contribution in [3.05, 3.63) is 121 Å². The Kier molecular flexibility index (Phi) is 14.8. The normalized spacial score (nSPS) is 10.2. The van der Waals surface area contributed by atoms with Crippen molar-refractivity contribution < 1.29 is 19.8 Å². The van der Waals surface area contributed by atoms with E-state index in [9.17, 15) is 9.90 Å². The topological polar surface area (TPSA) is 80.3 Å². The van der Waals surface area contributed by atoms with E-state index in [1.54, 1.807) is 0 Å². The summed E-state index contributed by atoms with van der Waals surface area (Å²) in [5.41, 5.74) is 0. The Labute approximate surface area is 229 Å². The third-order valence-corrected chi connectivity index (χ3v) is 9.15. The first-order chi connectivity index (χ1) is 18.1. The summed E-state index contributed by atoms with van der Waals surface area (Å²) in [6.45, 7) is 10.2. The molecule has 0 saturated heterocycles. The van der Waals surface area contributed by atoms with Crippen molar-refractivity contribution in [3.63, 3.8) is 0 Å². The lowest BCUT2D eigenvalue weighted by Crippen LogP contribution is -2.38. The Hall–Kier alpha value is -3.32. The van der Waals surface area contributed by atoms with Gasteiger partial charge in [-0.1, -0.05) is 79.7 Å². The molecule has 4 aromatic carbocycles. The molecule has 4 nitrogen and oxygen atoms in total. The average molecular weight is 549 g/mol. The zero-order valence-corrected chi connectivity index (χ0v) is 24.6. The summed E-state index contributed by atoms with van der Waals surface area (Å²) >= 11 is 0. The van der Waals surface area contributed by atoms with Crippen LogP contribution in [0.3, 0.4) is 0 Å². The summed E-state index contributed by atoms with van der Waals surface area (Å²) in [5, 5.41) is 23.1. The molecule has 0 N–H and O–H groups in total. The van der Waals surface area contributed by atoms with Crippen LogP contribution in [0.2, 0.25) is 0 Å². The number of carboxylic acid groups (broad SMARTS) is 2. The number of carbonyl (C=O) groups excluding carboxylic acids is 2. The van der Waals surface area contributed by atoms with Crippen molar-refractivity contribution in [3.8, 4) is 0 Å². The third-order valence-electron chi connectivity index (χ3n) is 4.86. The molecular formula is C32H38O4P2. The molecule has 0 atom stereocenters. The molecule has 0 saturated carbocycles. The first kappa shape index (κ1) is 32.7. The lowest BCUT2D eigenvalue weighted by atomic mass is 10.3. The van der Waals surface area contributed by atoms with Gasteiger partial charge in [0.25, 0.3) is 0 Å². The van der Waals surface area contributed by atoms with Gasteiger partial charge >= 0.3 is 0 Å². The fourth-order valence-electron chi connectivity index (χ4n) is 3.50. The van der Waals surface area contributed by atoms with Crippen molar-refractivity contribution in [2.45, 2.75) is 13.3 Å². The van der Waals surface area contributed by atoms with Gasteiger partial charge in [0.1, 0.15) is 28.5 Å². The Balaban J connectivity index is 0.000000466. The van der Waals surface area contributed by atoms with E-state index in [0.717, 1.165) is 0 Å². The predicted octanol–water partition coefficient (Wildman–Crippen LogP) is 3.34. The van der Waals surface area contributed by atoms with Crippen LogP contribution >= 0.6 is 14.5 Å². The van der Waals surface area contributed by atoms with E-state index in [1.807, 2.05) is 0 Å². The van der Waals surface area contributed by atoms with Crippen LogP contribution in [0, 0.1) is 0 Å². The number of benzene rings is 4. The van der Waals surface area contributed by atoms with Crippen LogP contribution in [-0.2, 0) is 9.59 Å². The maximum atomic E-state index is 9.26. The second kappa shape index (κ2) is 17.2. The maximum absolute atomic E-state index is 9.26. The number of carboxylic acids is 1. The van der Waals surface area contributed by atoms with E-state index in [1.165, 1.54) is 28.1 Å². The second-order valence-electron chi connectivity index (χ2n) is 9.52. The summed E-state index contributed by atoms with van der Waals surface area (Å²) in [6.07, 6.45) is 0.111. The van der Waals surface area contributed by atoms with E-state index < -0.39 is 19.7 Å². The van der Waals surface area contributed by atoms with Crippen LogP contribution in [0.15, 0.2) is 121 Å². The Morgan fingerprint density at radius 1 is 0.605 bits per heavy atom. The fourth-order valence-corrected chi connectivity index (χ4v) is 7.77. The van der Waals surface area contributed by atoms with Gasteiger partial charge in [-0.2, -0.15) is 0 Å². The SMILES string of the molecule is CCC(=O)[O-].C[P+](C)(C)C.O=C[O-].c1ccc([P+](c2ccccc2)(c2ccccc2)c2ccccc2)cc1. The van der Waals surface area contributed by atoms with Gasteiger partial charge in [-0.3, -0.25) is 0 Å². The number of rotatable bonds is 5. The first-order valence-corrected chi connectivity index (χ1v) is 17.6. The van der Waals surface area contributed by atoms with Crippen molar-refractivity contribution in [1.29, 1.82) is 0 Å². The number of aliphatic carboxylic acids is 1. The van der Waals surface area contributed by atoms with Crippen LogP contribution in [-0.4, -0.2) is 39.1 Å². The molecule has 200 valence electrons. The zero-order valence-electron chi connectivity index (χ0n) is 22.9. The lowest BCUT2D eigenvalue weighted by Gasteiger charge is -2.27. The summed E-state index contributed by atoms with van der Waals surface area (Å²) in [4.78, 5) is 17.5. The number of hydrogen-bond donors (Lipinski definition) is 0. The second-order valence-corrected chi connectivity index (χ2v) is 18.3. The van der Waals surface area contributed by atoms with Gasteiger partial charge in [0.15, 0.2) is 0 Å². The smallest absolute Gasteiger partial charge is 0.144 e. The highest BCUT2D eigenvalue weighted by Gasteiger charge is 2.47. The summed E-state index contributed by atoms with van der Waals surface area (Å²) < 4.78 is 0. The molecule has 0 unspecified atom stereocenters. The van der Waals surface area contributed by atoms with Crippen molar-refractivity contribution in [1.82, 2.24) is 0 Å². The molecule has 0 aliphatic carbocycles. The standard InChI is InChI=1S/C24H20P.C4H12P.C3H6O2.CH2O2/c1-5-13-21(14-6-1)25(22-15-7-2-8-16-22,23-17-9-3-10-18-23)24-19-11-4-12-20-24;1-5(2,3)4;1-2-3(4)5;2-1-3/h1-20H;1-4H3;2H2,1H3,(H,4,5);1H,(H,2,3)/q2*+1;;/p-2. The molecule has 0 aliphatic rings. The van der Waals surface area contributed by atoms with Crippen molar-refractivity contribution >= 4 is 48.2 Å². The van der Waals surface area contributed by atoms with Gasteiger partial charge in [-0.15, -0.1) is 0 Å². The molecule has 0 aliphatic heterocycles. The minimum absolute atomic E-state index is 0.111. The highest BCUT2D eigenvalue weighted by molar-refractivity contribution is 8.01. The highest BCUT2D eigenvalue weighted by atomic mass is 31.2. The Morgan fingerprint density at radius 2 is 0.763 bits per heavy atom. The Bertz CT molecular complexity index is 1010. The maximum Gasteiger partial charge on any atom is 0.144 e. The van der Waals surface area contributed by atoms with Crippen LogP contribution in [0.5, 0.6) is 0 Å². The molecule has 0 spiro atoms. The average Bonchev–Trinajstić information content (AvgIpc) is 2.92. The van der Waals surface area contributed by atoms with Gasteiger partial charge in [0, 0.05) is 46.4 Å².